The molecular weight excluding hydrogens is 454 g/mol. The van der Waals surface area contributed by atoms with Gasteiger partial charge in [-0.1, -0.05) is 18.2 Å². The minimum atomic E-state index is -4.16. The minimum Gasteiger partial charge on any atom is -0.457 e. The summed E-state index contributed by atoms with van der Waals surface area (Å²) in [6.07, 6.45) is 3.61. The maximum atomic E-state index is 12.3. The molecule has 3 N–H and O–H groups in total. The summed E-state index contributed by atoms with van der Waals surface area (Å²) in [5, 5.41) is 29.7. The zero-order valence-corrected chi connectivity index (χ0v) is 19.5. The third-order valence-electron chi connectivity index (χ3n) is 5.85. The standard InChI is InChI=1S/C25H27N3O5S/c26-15-24(34(31,32)27-16-22(30)17-29)14-23-8-9-25(33-23)20-5-4-19-13-21(7-6-18(19)12-20)28-10-2-1-3-11-28/h4-9,12-14,22,27,29-30H,1-3,10-11,16-17H2. The average Bonchev–Trinajstić information content (AvgIpc) is 3.34. The number of piperidine rings is 1. The van der Waals surface area contributed by atoms with Crippen molar-refractivity contribution in [3.05, 3.63) is 59.2 Å². The Morgan fingerprint density at radius 1 is 1.12 bits per heavy atom. The lowest BCUT2D eigenvalue weighted by molar-refractivity contribution is 0.0989. The lowest BCUT2D eigenvalue weighted by atomic mass is 10.0. The first-order valence-electron chi connectivity index (χ1n) is 11.2. The van der Waals surface area contributed by atoms with Crippen molar-refractivity contribution in [2.75, 3.05) is 31.1 Å². The van der Waals surface area contributed by atoms with Crippen LogP contribution < -0.4 is 9.62 Å². The van der Waals surface area contributed by atoms with E-state index in [0.717, 1.165) is 35.5 Å². The van der Waals surface area contributed by atoms with Gasteiger partial charge in [0.05, 0.1) is 12.7 Å². The predicted octanol–water partition coefficient (Wildman–Crippen LogP) is 3.23. The zero-order valence-electron chi connectivity index (χ0n) is 18.6. The van der Waals surface area contributed by atoms with E-state index >= 15 is 0 Å². The van der Waals surface area contributed by atoms with Crippen LogP contribution in [0.3, 0.4) is 0 Å². The number of rotatable bonds is 8. The van der Waals surface area contributed by atoms with Crippen LogP contribution in [0.15, 0.2) is 57.9 Å². The highest BCUT2D eigenvalue weighted by molar-refractivity contribution is 7.93. The van der Waals surface area contributed by atoms with Crippen LogP contribution in [-0.2, 0) is 10.0 Å². The van der Waals surface area contributed by atoms with Crippen LogP contribution in [0.25, 0.3) is 28.2 Å². The molecule has 1 fully saturated rings. The SMILES string of the molecule is N#CC(=Cc1ccc(-c2ccc3cc(N4CCCCC4)ccc3c2)o1)S(=O)(=O)NCC(O)CO. The molecule has 0 saturated carbocycles. The number of sulfonamides is 1. The summed E-state index contributed by atoms with van der Waals surface area (Å²) >= 11 is 0. The molecule has 2 aromatic carbocycles. The fraction of sp³-hybridized carbons (Fsp3) is 0.320. The van der Waals surface area contributed by atoms with Crippen LogP contribution in [0.5, 0.6) is 0 Å². The topological polar surface area (TPSA) is 127 Å². The van der Waals surface area contributed by atoms with E-state index in [2.05, 4.69) is 27.8 Å². The first-order valence-corrected chi connectivity index (χ1v) is 12.7. The van der Waals surface area contributed by atoms with Crippen molar-refractivity contribution >= 4 is 32.6 Å². The van der Waals surface area contributed by atoms with Crippen LogP contribution in [-0.4, -0.2) is 51.0 Å². The van der Waals surface area contributed by atoms with E-state index in [-0.39, 0.29) is 5.76 Å². The quantitative estimate of drug-likeness (QED) is 0.422. The molecule has 4 rings (SSSR count). The highest BCUT2D eigenvalue weighted by atomic mass is 32.2. The van der Waals surface area contributed by atoms with Gasteiger partial charge in [0.1, 0.15) is 17.6 Å². The molecule has 0 spiro atoms. The van der Waals surface area contributed by atoms with Crippen molar-refractivity contribution in [2.24, 2.45) is 0 Å². The number of aliphatic hydroxyl groups is 2. The molecule has 3 aromatic rings. The van der Waals surface area contributed by atoms with E-state index in [1.54, 1.807) is 18.2 Å². The van der Waals surface area contributed by atoms with E-state index in [0.29, 0.717) is 5.76 Å². The van der Waals surface area contributed by atoms with Crippen LogP contribution >= 0.6 is 0 Å². The van der Waals surface area contributed by atoms with Gasteiger partial charge < -0.3 is 19.5 Å². The largest absolute Gasteiger partial charge is 0.457 e. The van der Waals surface area contributed by atoms with Gasteiger partial charge in [0.25, 0.3) is 10.0 Å². The highest BCUT2D eigenvalue weighted by Gasteiger charge is 2.20. The average molecular weight is 482 g/mol. The number of nitrogens with zero attached hydrogens (tertiary/aromatic N) is 2. The number of aliphatic hydroxyl groups excluding tert-OH is 2. The Morgan fingerprint density at radius 3 is 2.59 bits per heavy atom. The third kappa shape index (κ3) is 5.48. The number of hydrogen-bond donors (Lipinski definition) is 3. The Hall–Kier alpha value is -3.16. The van der Waals surface area contributed by atoms with E-state index < -0.39 is 34.2 Å². The van der Waals surface area contributed by atoms with E-state index in [4.69, 9.17) is 9.52 Å². The number of anilines is 1. The van der Waals surface area contributed by atoms with Gasteiger partial charge in [-0.15, -0.1) is 0 Å². The second kappa shape index (κ2) is 10.4. The first kappa shape index (κ1) is 24.0. The minimum absolute atomic E-state index is 0.208. The summed E-state index contributed by atoms with van der Waals surface area (Å²) in [5.74, 6) is 0.756. The smallest absolute Gasteiger partial charge is 0.250 e. The number of benzene rings is 2. The number of nitrogens with one attached hydrogen (secondary N) is 1. The molecule has 0 aliphatic carbocycles. The molecule has 2 heterocycles. The Labute approximate surface area is 198 Å². The summed E-state index contributed by atoms with van der Waals surface area (Å²) in [4.78, 5) is 1.87. The van der Waals surface area contributed by atoms with Gasteiger partial charge in [0, 0.05) is 37.0 Å². The number of hydrogen-bond acceptors (Lipinski definition) is 7. The molecule has 1 aromatic heterocycles. The van der Waals surface area contributed by atoms with Gasteiger partial charge >= 0.3 is 0 Å². The van der Waals surface area contributed by atoms with E-state index in [1.807, 2.05) is 18.2 Å². The third-order valence-corrected chi connectivity index (χ3v) is 7.18. The molecule has 178 valence electrons. The Balaban J connectivity index is 1.54. The first-order chi connectivity index (χ1) is 16.4. The summed E-state index contributed by atoms with van der Waals surface area (Å²) in [7, 11) is -4.16. The molecule has 9 heteroatoms. The van der Waals surface area contributed by atoms with Gasteiger partial charge in [-0.05, 0) is 60.4 Å². The molecule has 0 radical (unpaired) electrons. The van der Waals surface area contributed by atoms with Gasteiger partial charge in [-0.2, -0.15) is 5.26 Å². The van der Waals surface area contributed by atoms with Crippen LogP contribution in [0.4, 0.5) is 5.69 Å². The molecule has 1 unspecified atom stereocenters. The van der Waals surface area contributed by atoms with E-state index in [1.165, 1.54) is 24.9 Å². The summed E-state index contributed by atoms with van der Waals surface area (Å²) < 4.78 is 32.5. The molecule has 34 heavy (non-hydrogen) atoms. The van der Waals surface area contributed by atoms with Crippen LogP contribution in [0, 0.1) is 11.3 Å². The second-order valence-electron chi connectivity index (χ2n) is 8.30. The van der Waals surface area contributed by atoms with Gasteiger partial charge in [-0.25, -0.2) is 13.1 Å². The molecule has 1 aliphatic rings. The van der Waals surface area contributed by atoms with E-state index in [9.17, 15) is 18.8 Å². The zero-order chi connectivity index (χ0) is 24.1. The highest BCUT2D eigenvalue weighted by Crippen LogP contribution is 2.30. The molecule has 1 aliphatic heterocycles. The molecule has 1 atom stereocenters. The van der Waals surface area contributed by atoms with Crippen molar-refractivity contribution in [2.45, 2.75) is 25.4 Å². The summed E-state index contributed by atoms with van der Waals surface area (Å²) in [6.45, 7) is 1.17. The predicted molar refractivity (Wildman–Crippen MR) is 131 cm³/mol. The second-order valence-corrected chi connectivity index (χ2v) is 10.0. The molecular formula is C25H27N3O5S. The molecule has 0 amide bonds. The summed E-state index contributed by atoms with van der Waals surface area (Å²) in [5.41, 5.74) is 2.07. The molecule has 1 saturated heterocycles. The Kier molecular flexibility index (Phi) is 7.34. The van der Waals surface area contributed by atoms with Crippen LogP contribution in [0.1, 0.15) is 25.0 Å². The lowest BCUT2D eigenvalue weighted by Gasteiger charge is -2.29. The summed E-state index contributed by atoms with van der Waals surface area (Å²) in [6, 6.07) is 17.4. The van der Waals surface area contributed by atoms with Crippen LogP contribution in [0.2, 0.25) is 0 Å². The molecule has 8 nitrogen and oxygen atoms in total. The monoisotopic (exact) mass is 481 g/mol. The lowest BCUT2D eigenvalue weighted by Crippen LogP contribution is -2.34. The fourth-order valence-corrected chi connectivity index (χ4v) is 4.93. The van der Waals surface area contributed by atoms with Crippen molar-refractivity contribution in [3.8, 4) is 17.4 Å². The Bertz CT molecular complexity index is 1330. The van der Waals surface area contributed by atoms with Gasteiger partial charge in [0.2, 0.25) is 0 Å². The maximum Gasteiger partial charge on any atom is 0.250 e. The Morgan fingerprint density at radius 2 is 1.85 bits per heavy atom. The number of nitriles is 1. The maximum absolute atomic E-state index is 12.3. The van der Waals surface area contributed by atoms with Crippen molar-refractivity contribution in [1.82, 2.24) is 4.72 Å². The number of furan rings is 1. The number of fused-ring (bicyclic) bond motifs is 1. The number of allylic oxidation sites excluding steroid dienone is 1. The van der Waals surface area contributed by atoms with Gasteiger partial charge in [-0.3, -0.25) is 0 Å². The van der Waals surface area contributed by atoms with Crippen molar-refractivity contribution in [3.63, 3.8) is 0 Å². The fourth-order valence-electron chi connectivity index (χ4n) is 3.97. The van der Waals surface area contributed by atoms with Crippen molar-refractivity contribution in [1.29, 1.82) is 5.26 Å². The van der Waals surface area contributed by atoms with Gasteiger partial charge in [0.15, 0.2) is 4.91 Å². The normalized spacial score (nSPS) is 15.9. The van der Waals surface area contributed by atoms with Crippen molar-refractivity contribution < 1.29 is 23.0 Å². The molecule has 0 bridgehead atoms.